The maximum absolute atomic E-state index is 12.0. The van der Waals surface area contributed by atoms with Crippen molar-refractivity contribution >= 4 is 50.7 Å². The lowest BCUT2D eigenvalue weighted by molar-refractivity contribution is -0.385. The van der Waals surface area contributed by atoms with Gasteiger partial charge in [-0.3, -0.25) is 24.6 Å². The number of nitro groups is 1. The van der Waals surface area contributed by atoms with E-state index in [0.29, 0.717) is 0 Å². The molecule has 1 aliphatic rings. The molecule has 116 valence electrons. The van der Waals surface area contributed by atoms with Crippen LogP contribution in [0.4, 0.5) is 11.4 Å². The molecule has 1 aromatic carbocycles. The summed E-state index contributed by atoms with van der Waals surface area (Å²) in [5.74, 6) is -1.22. The van der Waals surface area contributed by atoms with Crippen LogP contribution in [-0.2, 0) is 9.59 Å². The first kappa shape index (κ1) is 16.4. The molecule has 1 aliphatic heterocycles. The van der Waals surface area contributed by atoms with Crippen LogP contribution in [0, 0.1) is 10.1 Å². The molecule has 0 unspecified atom stereocenters. The Morgan fingerprint density at radius 1 is 1.41 bits per heavy atom. The van der Waals surface area contributed by atoms with Gasteiger partial charge in [0.05, 0.1) is 33.3 Å². The van der Waals surface area contributed by atoms with E-state index in [9.17, 15) is 19.7 Å². The summed E-state index contributed by atoms with van der Waals surface area (Å²) < 4.78 is 0.192. The Balaban J connectivity index is 2.30. The number of aliphatic hydroxyl groups excluding tert-OH is 1. The number of nitrogens with zero attached hydrogens (tertiary/aromatic N) is 2. The molecular weight excluding hydrogens is 382 g/mol. The molecule has 2 amide bonds. The maximum Gasteiger partial charge on any atom is 0.285 e. The van der Waals surface area contributed by atoms with Crippen molar-refractivity contribution in [2.45, 2.75) is 0 Å². The highest BCUT2D eigenvalue weighted by atomic mass is 79.9. The van der Waals surface area contributed by atoms with Gasteiger partial charge in [-0.15, -0.1) is 0 Å². The molecule has 0 saturated heterocycles. The Bertz CT molecular complexity index is 706. The second kappa shape index (κ2) is 6.42. The second-order valence-electron chi connectivity index (χ2n) is 4.24. The van der Waals surface area contributed by atoms with Crippen LogP contribution in [0.25, 0.3) is 0 Å². The van der Waals surface area contributed by atoms with E-state index >= 15 is 0 Å². The molecule has 0 aliphatic carbocycles. The third-order valence-electron chi connectivity index (χ3n) is 2.84. The maximum atomic E-state index is 12.0. The van der Waals surface area contributed by atoms with Crippen molar-refractivity contribution in [3.8, 4) is 0 Å². The summed E-state index contributed by atoms with van der Waals surface area (Å²) in [7, 11) is 0. The van der Waals surface area contributed by atoms with Crippen LogP contribution in [0.3, 0.4) is 0 Å². The van der Waals surface area contributed by atoms with Gasteiger partial charge in [0.15, 0.2) is 0 Å². The van der Waals surface area contributed by atoms with E-state index in [1.165, 1.54) is 6.07 Å². The van der Waals surface area contributed by atoms with E-state index in [2.05, 4.69) is 21.2 Å². The minimum atomic E-state index is -0.638. The summed E-state index contributed by atoms with van der Waals surface area (Å²) in [4.78, 5) is 34.8. The zero-order valence-corrected chi connectivity index (χ0v) is 13.2. The number of benzene rings is 1. The smallest absolute Gasteiger partial charge is 0.285 e. The summed E-state index contributed by atoms with van der Waals surface area (Å²) >= 11 is 8.99. The van der Waals surface area contributed by atoms with Crippen LogP contribution < -0.4 is 5.32 Å². The third-order valence-corrected chi connectivity index (χ3v) is 3.78. The minimum absolute atomic E-state index is 0.0722. The molecular formula is C12H9BrClN3O5. The van der Waals surface area contributed by atoms with E-state index in [0.717, 1.165) is 17.0 Å². The quantitative estimate of drug-likeness (QED) is 0.449. The number of nitrogens with one attached hydrogen (secondary N) is 1. The van der Waals surface area contributed by atoms with Crippen LogP contribution in [0.2, 0.25) is 5.02 Å². The first-order chi connectivity index (χ1) is 10.3. The number of carbonyl (C=O) groups excluding carboxylic acids is 2. The second-order valence-corrected chi connectivity index (χ2v) is 5.50. The number of hydrogen-bond acceptors (Lipinski definition) is 6. The molecule has 1 aromatic rings. The zero-order chi connectivity index (χ0) is 16.4. The third kappa shape index (κ3) is 3.11. The summed E-state index contributed by atoms with van der Waals surface area (Å²) in [5.41, 5.74) is -0.191. The van der Waals surface area contributed by atoms with Crippen molar-refractivity contribution in [2.75, 3.05) is 18.5 Å². The monoisotopic (exact) mass is 389 g/mol. The average Bonchev–Trinajstić information content (AvgIpc) is 2.69. The SMILES string of the molecule is O=C1C=C(Nc2cc([N+](=O)[O-])c(Br)cc2Cl)C(=O)N1CCO. The molecule has 0 fully saturated rings. The number of carbonyl (C=O) groups is 2. The predicted octanol–water partition coefficient (Wildman–Crippen LogP) is 1.67. The Kier molecular flexibility index (Phi) is 4.79. The van der Waals surface area contributed by atoms with Crippen molar-refractivity contribution in [1.82, 2.24) is 4.90 Å². The van der Waals surface area contributed by atoms with Crippen LogP contribution in [-0.4, -0.2) is 39.9 Å². The van der Waals surface area contributed by atoms with Crippen molar-refractivity contribution in [3.63, 3.8) is 0 Å². The van der Waals surface area contributed by atoms with Gasteiger partial charge in [0, 0.05) is 12.1 Å². The van der Waals surface area contributed by atoms with Crippen molar-refractivity contribution in [3.05, 3.63) is 43.5 Å². The number of amides is 2. The minimum Gasteiger partial charge on any atom is -0.395 e. The number of β-amino-alcohol motifs (C(OH)–C–C–N with tert-alkyl or cyclic N) is 1. The van der Waals surface area contributed by atoms with Gasteiger partial charge in [-0.2, -0.15) is 0 Å². The van der Waals surface area contributed by atoms with Gasteiger partial charge in [-0.25, -0.2) is 0 Å². The molecule has 10 heteroatoms. The van der Waals surface area contributed by atoms with E-state index in [-0.39, 0.29) is 39.7 Å². The van der Waals surface area contributed by atoms with Crippen LogP contribution in [0.1, 0.15) is 0 Å². The number of anilines is 1. The first-order valence-electron chi connectivity index (χ1n) is 5.94. The molecule has 0 bridgehead atoms. The molecule has 22 heavy (non-hydrogen) atoms. The molecule has 0 saturated carbocycles. The normalized spacial score (nSPS) is 14.3. The Morgan fingerprint density at radius 3 is 2.68 bits per heavy atom. The highest BCUT2D eigenvalue weighted by Crippen LogP contribution is 2.35. The van der Waals surface area contributed by atoms with Gasteiger partial charge in [-0.05, 0) is 22.0 Å². The van der Waals surface area contributed by atoms with Crippen molar-refractivity contribution < 1.29 is 19.6 Å². The first-order valence-corrected chi connectivity index (χ1v) is 7.11. The number of hydrogen-bond donors (Lipinski definition) is 2. The van der Waals surface area contributed by atoms with E-state index in [1.54, 1.807) is 0 Å². The molecule has 1 heterocycles. The summed E-state index contributed by atoms with van der Waals surface area (Å²) in [5, 5.41) is 22.5. The van der Waals surface area contributed by atoms with Crippen LogP contribution in [0.5, 0.6) is 0 Å². The van der Waals surface area contributed by atoms with Gasteiger partial charge in [0.1, 0.15) is 5.70 Å². The van der Waals surface area contributed by atoms with E-state index < -0.39 is 16.7 Å². The number of imide groups is 1. The highest BCUT2D eigenvalue weighted by molar-refractivity contribution is 9.10. The Morgan fingerprint density at radius 2 is 2.09 bits per heavy atom. The largest absolute Gasteiger partial charge is 0.395 e. The fraction of sp³-hybridized carbons (Fsp3) is 0.167. The number of aliphatic hydroxyl groups is 1. The zero-order valence-electron chi connectivity index (χ0n) is 10.9. The standard InChI is InChI=1S/C12H9BrClN3O5/c13-6-3-7(14)8(4-10(6)17(21)22)15-9-5-11(19)16(1-2-18)12(9)20/h3-5,15,18H,1-2H2. The summed E-state index contributed by atoms with van der Waals surface area (Å²) in [6.45, 7) is -0.489. The van der Waals surface area contributed by atoms with Gasteiger partial charge in [-0.1, -0.05) is 11.6 Å². The fourth-order valence-electron chi connectivity index (χ4n) is 1.83. The molecule has 0 aromatic heterocycles. The molecule has 2 N–H and O–H groups in total. The van der Waals surface area contributed by atoms with E-state index in [4.69, 9.17) is 16.7 Å². The van der Waals surface area contributed by atoms with Gasteiger partial charge in [0.2, 0.25) is 0 Å². The molecule has 0 spiro atoms. The van der Waals surface area contributed by atoms with Gasteiger partial charge in [0.25, 0.3) is 17.5 Å². The number of nitro benzene ring substituents is 1. The van der Waals surface area contributed by atoms with E-state index in [1.807, 2.05) is 0 Å². The van der Waals surface area contributed by atoms with Gasteiger partial charge < -0.3 is 10.4 Å². The molecule has 0 radical (unpaired) electrons. The Hall–Kier alpha value is -1.97. The lowest BCUT2D eigenvalue weighted by Crippen LogP contribution is -2.34. The van der Waals surface area contributed by atoms with Crippen LogP contribution in [0.15, 0.2) is 28.4 Å². The molecule has 8 nitrogen and oxygen atoms in total. The number of halogens is 2. The molecule has 0 atom stereocenters. The van der Waals surface area contributed by atoms with Gasteiger partial charge >= 0.3 is 0 Å². The lowest BCUT2D eigenvalue weighted by Gasteiger charge is -2.14. The summed E-state index contributed by atoms with van der Waals surface area (Å²) in [6, 6.07) is 2.47. The molecule has 2 rings (SSSR count). The Labute approximate surface area is 137 Å². The average molecular weight is 391 g/mol. The summed E-state index contributed by atoms with van der Waals surface area (Å²) in [6.07, 6.45) is 1.04. The topological polar surface area (TPSA) is 113 Å². The van der Waals surface area contributed by atoms with Crippen molar-refractivity contribution in [2.24, 2.45) is 0 Å². The fourth-order valence-corrected chi connectivity index (χ4v) is 2.66. The van der Waals surface area contributed by atoms with Crippen LogP contribution >= 0.6 is 27.5 Å². The predicted molar refractivity (Wildman–Crippen MR) is 81.3 cm³/mol. The van der Waals surface area contributed by atoms with Crippen molar-refractivity contribution in [1.29, 1.82) is 0 Å². The number of rotatable bonds is 5. The highest BCUT2D eigenvalue weighted by Gasteiger charge is 2.31. The lowest BCUT2D eigenvalue weighted by atomic mass is 10.2.